The quantitative estimate of drug-likeness (QED) is 0.670. The van der Waals surface area contributed by atoms with Crippen LogP contribution in [-0.4, -0.2) is 23.5 Å². The van der Waals surface area contributed by atoms with Crippen molar-refractivity contribution in [3.63, 3.8) is 0 Å². The van der Waals surface area contributed by atoms with Gasteiger partial charge in [-0.05, 0) is 44.5 Å². The minimum absolute atomic E-state index is 0.0665. The molecule has 0 bridgehead atoms. The molecule has 0 aliphatic carbocycles. The third-order valence-corrected chi connectivity index (χ3v) is 3.46. The molecule has 0 unspecified atom stereocenters. The highest BCUT2D eigenvalue weighted by Crippen LogP contribution is 2.19. The van der Waals surface area contributed by atoms with E-state index in [1.807, 2.05) is 0 Å². The van der Waals surface area contributed by atoms with E-state index in [4.69, 9.17) is 20.8 Å². The van der Waals surface area contributed by atoms with Gasteiger partial charge in [0.1, 0.15) is 10.9 Å². The highest BCUT2D eigenvalue weighted by Gasteiger charge is 2.19. The van der Waals surface area contributed by atoms with Gasteiger partial charge >= 0.3 is 5.97 Å². The van der Waals surface area contributed by atoms with Crippen LogP contribution < -0.4 is 5.32 Å². The van der Waals surface area contributed by atoms with Crippen molar-refractivity contribution < 1.29 is 18.7 Å². The first-order valence-electron chi connectivity index (χ1n) is 7.02. The van der Waals surface area contributed by atoms with E-state index in [1.165, 1.54) is 6.26 Å². The van der Waals surface area contributed by atoms with Crippen LogP contribution in [0.25, 0.3) is 0 Å². The van der Waals surface area contributed by atoms with Gasteiger partial charge in [-0.3, -0.25) is 4.79 Å². The van der Waals surface area contributed by atoms with Crippen molar-refractivity contribution >= 4 is 23.5 Å². The van der Waals surface area contributed by atoms with E-state index >= 15 is 0 Å². The molecule has 6 nitrogen and oxygen atoms in total. The summed E-state index contributed by atoms with van der Waals surface area (Å²) < 4.78 is 10.2. The zero-order valence-electron chi connectivity index (χ0n) is 13.1. The number of carbonyl (C=O) groups excluding carboxylic acids is 2. The number of nitrogens with one attached hydrogen (secondary N) is 1. The molecule has 2 aromatic rings. The lowest BCUT2D eigenvalue weighted by atomic mass is 10.1. The number of rotatable bonds is 5. The van der Waals surface area contributed by atoms with Crippen LogP contribution in [0.1, 0.15) is 40.3 Å². The van der Waals surface area contributed by atoms with Gasteiger partial charge in [-0.15, -0.1) is 0 Å². The lowest BCUT2D eigenvalue weighted by molar-refractivity contribution is -0.125. The lowest BCUT2D eigenvalue weighted by Crippen LogP contribution is -2.31. The molecule has 2 rings (SSSR count). The Bertz CT molecular complexity index is 690. The fraction of sp³-hybridized carbons (Fsp3) is 0.312. The first-order chi connectivity index (χ1) is 10.9. The average Bonchev–Trinajstić information content (AvgIpc) is 2.98. The Labute approximate surface area is 138 Å². The summed E-state index contributed by atoms with van der Waals surface area (Å²) >= 11 is 5.97. The minimum Gasteiger partial charge on any atom is -0.467 e. The van der Waals surface area contributed by atoms with Crippen LogP contribution in [0.15, 0.2) is 28.9 Å². The molecular weight excluding hydrogens is 320 g/mol. The Kier molecular flexibility index (Phi) is 5.39. The van der Waals surface area contributed by atoms with Gasteiger partial charge in [0.15, 0.2) is 6.61 Å². The summed E-state index contributed by atoms with van der Waals surface area (Å²) in [6, 6.07) is 4.88. The van der Waals surface area contributed by atoms with Crippen molar-refractivity contribution in [2.45, 2.75) is 26.8 Å². The number of halogens is 1. The first-order valence-corrected chi connectivity index (χ1v) is 7.40. The number of nitrogens with zero attached hydrogens (tertiary/aromatic N) is 1. The molecule has 0 spiro atoms. The molecule has 1 amide bonds. The van der Waals surface area contributed by atoms with Gasteiger partial charge in [-0.1, -0.05) is 11.6 Å². The highest BCUT2D eigenvalue weighted by molar-refractivity contribution is 6.32. The Morgan fingerprint density at radius 3 is 2.78 bits per heavy atom. The molecule has 0 radical (unpaired) electrons. The minimum atomic E-state index is -0.680. The highest BCUT2D eigenvalue weighted by atomic mass is 35.5. The van der Waals surface area contributed by atoms with Crippen LogP contribution in [0.5, 0.6) is 0 Å². The molecule has 1 atom stereocenters. The molecule has 0 aliphatic heterocycles. The van der Waals surface area contributed by atoms with Crippen molar-refractivity contribution in [3.8, 4) is 0 Å². The first kappa shape index (κ1) is 17.0. The lowest BCUT2D eigenvalue weighted by Gasteiger charge is -2.12. The van der Waals surface area contributed by atoms with Crippen molar-refractivity contribution in [1.82, 2.24) is 10.3 Å². The second kappa shape index (κ2) is 7.28. The van der Waals surface area contributed by atoms with Crippen LogP contribution in [0, 0.1) is 13.8 Å². The number of aryl methyl sites for hydroxylation is 2. The summed E-state index contributed by atoms with van der Waals surface area (Å²) in [4.78, 5) is 27.9. The topological polar surface area (TPSA) is 81.4 Å². The predicted octanol–water partition coefficient (Wildman–Crippen LogP) is 2.98. The Balaban J connectivity index is 1.93. The van der Waals surface area contributed by atoms with Gasteiger partial charge < -0.3 is 14.5 Å². The molecule has 0 aromatic carbocycles. The van der Waals surface area contributed by atoms with E-state index in [0.717, 1.165) is 0 Å². The van der Waals surface area contributed by atoms with Gasteiger partial charge in [-0.25, -0.2) is 9.78 Å². The molecule has 23 heavy (non-hydrogen) atoms. The molecule has 0 saturated heterocycles. The van der Waals surface area contributed by atoms with Gasteiger partial charge in [0.2, 0.25) is 0 Å². The SMILES string of the molecule is Cc1cc(C)c(C(=O)OCC(=O)N[C@@H](C)c2ccco2)c(Cl)n1. The fourth-order valence-electron chi connectivity index (χ4n) is 2.13. The molecule has 7 heteroatoms. The maximum atomic E-state index is 12.1. The van der Waals surface area contributed by atoms with Gasteiger partial charge in [0.25, 0.3) is 5.91 Å². The van der Waals surface area contributed by atoms with Gasteiger partial charge in [0.05, 0.1) is 17.9 Å². The smallest absolute Gasteiger partial charge is 0.342 e. The molecule has 2 aromatic heterocycles. The summed E-state index contributed by atoms with van der Waals surface area (Å²) in [6.45, 7) is 4.87. The Hall–Kier alpha value is -2.34. The summed E-state index contributed by atoms with van der Waals surface area (Å²) in [7, 11) is 0. The number of esters is 1. The molecule has 2 heterocycles. The van der Waals surface area contributed by atoms with E-state index in [0.29, 0.717) is 17.0 Å². The Morgan fingerprint density at radius 1 is 1.43 bits per heavy atom. The van der Waals surface area contributed by atoms with Gasteiger partial charge in [0, 0.05) is 5.69 Å². The predicted molar refractivity (Wildman–Crippen MR) is 84.3 cm³/mol. The summed E-state index contributed by atoms with van der Waals surface area (Å²) in [6.07, 6.45) is 1.52. The molecule has 1 N–H and O–H groups in total. The second-order valence-corrected chi connectivity index (χ2v) is 5.49. The van der Waals surface area contributed by atoms with Crippen LogP contribution in [0.4, 0.5) is 0 Å². The molecule has 0 saturated carbocycles. The maximum absolute atomic E-state index is 12.1. The number of aromatic nitrogens is 1. The van der Waals surface area contributed by atoms with Crippen molar-refractivity contribution in [2.24, 2.45) is 0 Å². The molecule has 0 fully saturated rings. The van der Waals surface area contributed by atoms with Gasteiger partial charge in [-0.2, -0.15) is 0 Å². The van der Waals surface area contributed by atoms with E-state index in [9.17, 15) is 9.59 Å². The number of carbonyl (C=O) groups is 2. The molecule has 122 valence electrons. The van der Waals surface area contributed by atoms with E-state index in [1.54, 1.807) is 39.0 Å². The van der Waals surface area contributed by atoms with E-state index in [2.05, 4.69) is 10.3 Å². The number of hydrogen-bond donors (Lipinski definition) is 1. The second-order valence-electron chi connectivity index (χ2n) is 5.13. The van der Waals surface area contributed by atoms with Crippen molar-refractivity contribution in [2.75, 3.05) is 6.61 Å². The maximum Gasteiger partial charge on any atom is 0.342 e. The largest absolute Gasteiger partial charge is 0.467 e. The molecule has 0 aliphatic rings. The van der Waals surface area contributed by atoms with Crippen LogP contribution >= 0.6 is 11.6 Å². The Morgan fingerprint density at radius 2 is 2.17 bits per heavy atom. The third-order valence-electron chi connectivity index (χ3n) is 3.19. The zero-order chi connectivity index (χ0) is 17.0. The standard InChI is InChI=1S/C16H17ClN2O4/c1-9-7-10(2)18-15(17)14(9)16(21)23-8-13(20)19-11(3)12-5-4-6-22-12/h4-7,11H,8H2,1-3H3,(H,19,20)/t11-/m0/s1. The summed E-state index contributed by atoms with van der Waals surface area (Å²) in [5, 5.41) is 2.74. The number of amides is 1. The van der Waals surface area contributed by atoms with Crippen molar-refractivity contribution in [3.05, 3.63) is 52.2 Å². The normalized spacial score (nSPS) is 11.8. The zero-order valence-corrected chi connectivity index (χ0v) is 13.8. The monoisotopic (exact) mass is 336 g/mol. The molecular formula is C16H17ClN2O4. The third kappa shape index (κ3) is 4.32. The number of furan rings is 1. The van der Waals surface area contributed by atoms with Crippen molar-refractivity contribution in [1.29, 1.82) is 0 Å². The number of pyridine rings is 1. The summed E-state index contributed by atoms with van der Waals surface area (Å²) in [5.74, 6) is -0.497. The number of hydrogen-bond acceptors (Lipinski definition) is 5. The number of ether oxygens (including phenoxy) is 1. The van der Waals surface area contributed by atoms with Crippen LogP contribution in [0.3, 0.4) is 0 Å². The fourth-order valence-corrected chi connectivity index (χ4v) is 2.49. The van der Waals surface area contributed by atoms with E-state index < -0.39 is 18.5 Å². The van der Waals surface area contributed by atoms with E-state index in [-0.39, 0.29) is 16.8 Å². The van der Waals surface area contributed by atoms with Crippen LogP contribution in [0.2, 0.25) is 5.15 Å². The van der Waals surface area contributed by atoms with Crippen LogP contribution in [-0.2, 0) is 9.53 Å². The summed E-state index contributed by atoms with van der Waals surface area (Å²) in [5.41, 5.74) is 1.52. The average molecular weight is 337 g/mol.